The van der Waals surface area contributed by atoms with Crippen LogP contribution >= 0.6 is 23.8 Å². The fourth-order valence-corrected chi connectivity index (χ4v) is 2.99. The zero-order valence-electron chi connectivity index (χ0n) is 13.5. The number of amides is 1. The first-order valence-electron chi connectivity index (χ1n) is 7.10. The maximum Gasteiger partial charge on any atom is 0.269 e. The fraction of sp³-hybridized carbons (Fsp3) is 0.125. The maximum absolute atomic E-state index is 12.3. The van der Waals surface area contributed by atoms with Gasteiger partial charge in [-0.25, -0.2) is 8.42 Å². The number of hydrazine groups is 1. The van der Waals surface area contributed by atoms with Crippen molar-refractivity contribution in [2.45, 2.75) is 11.8 Å². The topological polar surface area (TPSA) is 87.3 Å². The van der Waals surface area contributed by atoms with E-state index >= 15 is 0 Å². The van der Waals surface area contributed by atoms with Crippen LogP contribution in [0.25, 0.3) is 0 Å². The molecule has 0 heterocycles. The van der Waals surface area contributed by atoms with Gasteiger partial charge in [-0.1, -0.05) is 23.7 Å². The van der Waals surface area contributed by atoms with E-state index in [0.29, 0.717) is 16.3 Å². The highest BCUT2D eigenvalue weighted by Gasteiger charge is 2.14. The summed E-state index contributed by atoms with van der Waals surface area (Å²) in [5.41, 5.74) is 6.53. The molecule has 0 atom stereocenters. The Balaban J connectivity index is 2.04. The van der Waals surface area contributed by atoms with Gasteiger partial charge in [0, 0.05) is 22.5 Å². The molecule has 0 aliphatic rings. The largest absolute Gasteiger partial charge is 0.331 e. The number of aryl methyl sites for hydroxylation is 1. The molecule has 25 heavy (non-hydrogen) atoms. The Morgan fingerprint density at radius 1 is 1.12 bits per heavy atom. The zero-order chi connectivity index (χ0) is 18.6. The van der Waals surface area contributed by atoms with E-state index in [-0.39, 0.29) is 15.6 Å². The molecule has 2 aromatic rings. The minimum absolute atomic E-state index is 0.0721. The van der Waals surface area contributed by atoms with Crippen LogP contribution in [-0.4, -0.2) is 25.7 Å². The van der Waals surface area contributed by atoms with Gasteiger partial charge in [0.25, 0.3) is 5.91 Å². The van der Waals surface area contributed by atoms with Crippen molar-refractivity contribution in [3.05, 3.63) is 58.6 Å². The van der Waals surface area contributed by atoms with Gasteiger partial charge >= 0.3 is 0 Å². The molecule has 2 rings (SSSR count). The van der Waals surface area contributed by atoms with Crippen LogP contribution in [0.5, 0.6) is 0 Å². The molecule has 0 unspecified atom stereocenters. The summed E-state index contributed by atoms with van der Waals surface area (Å²) in [6.45, 7) is 1.71. The van der Waals surface area contributed by atoms with Crippen LogP contribution in [0.3, 0.4) is 0 Å². The van der Waals surface area contributed by atoms with E-state index in [2.05, 4.69) is 16.2 Å². The first-order valence-corrected chi connectivity index (χ1v) is 9.78. The molecule has 0 saturated carbocycles. The quantitative estimate of drug-likeness (QED) is 0.545. The Morgan fingerprint density at radius 2 is 1.84 bits per heavy atom. The normalized spacial score (nSPS) is 10.8. The van der Waals surface area contributed by atoms with Crippen molar-refractivity contribution >= 4 is 50.4 Å². The van der Waals surface area contributed by atoms with Crippen molar-refractivity contribution < 1.29 is 13.2 Å². The molecule has 0 aromatic heterocycles. The van der Waals surface area contributed by atoms with Gasteiger partial charge in [-0.3, -0.25) is 15.6 Å². The Kier molecular flexibility index (Phi) is 5.99. The number of benzene rings is 2. The molecular formula is C16H16ClN3O3S2. The molecule has 132 valence electrons. The average Bonchev–Trinajstić information content (AvgIpc) is 2.52. The number of carbonyl (C=O) groups is 1. The third-order valence-corrected chi connectivity index (χ3v) is 4.80. The molecular weight excluding hydrogens is 382 g/mol. The number of rotatable bonds is 3. The molecule has 0 fully saturated rings. The van der Waals surface area contributed by atoms with Crippen LogP contribution in [0.4, 0.5) is 5.69 Å². The lowest BCUT2D eigenvalue weighted by Crippen LogP contribution is -2.44. The van der Waals surface area contributed by atoms with Gasteiger partial charge in [0.2, 0.25) is 0 Å². The number of nitrogens with one attached hydrogen (secondary N) is 3. The van der Waals surface area contributed by atoms with E-state index in [9.17, 15) is 13.2 Å². The Morgan fingerprint density at radius 3 is 2.48 bits per heavy atom. The number of hydrogen-bond acceptors (Lipinski definition) is 4. The van der Waals surface area contributed by atoms with Gasteiger partial charge < -0.3 is 5.32 Å². The van der Waals surface area contributed by atoms with Crippen molar-refractivity contribution in [3.8, 4) is 0 Å². The Bertz CT molecular complexity index is 930. The Hall–Kier alpha value is -2.16. The van der Waals surface area contributed by atoms with Crippen LogP contribution in [0.2, 0.25) is 5.02 Å². The molecule has 9 heteroatoms. The van der Waals surface area contributed by atoms with Crippen molar-refractivity contribution in [3.63, 3.8) is 0 Å². The summed E-state index contributed by atoms with van der Waals surface area (Å²) in [6, 6.07) is 11.3. The molecule has 3 N–H and O–H groups in total. The molecule has 2 aromatic carbocycles. The monoisotopic (exact) mass is 397 g/mol. The first kappa shape index (κ1) is 19.2. The van der Waals surface area contributed by atoms with Crippen molar-refractivity contribution in [2.75, 3.05) is 11.6 Å². The van der Waals surface area contributed by atoms with Gasteiger partial charge in [0.05, 0.1) is 4.90 Å². The van der Waals surface area contributed by atoms with Crippen LogP contribution in [0.1, 0.15) is 15.9 Å². The van der Waals surface area contributed by atoms with Crippen LogP contribution in [0.15, 0.2) is 47.4 Å². The van der Waals surface area contributed by atoms with E-state index in [0.717, 1.165) is 6.26 Å². The number of anilines is 1. The molecule has 6 nitrogen and oxygen atoms in total. The smallest absolute Gasteiger partial charge is 0.269 e. The van der Waals surface area contributed by atoms with Gasteiger partial charge in [0.15, 0.2) is 14.9 Å². The van der Waals surface area contributed by atoms with Crippen LogP contribution in [-0.2, 0) is 9.84 Å². The lowest BCUT2D eigenvalue weighted by Gasteiger charge is -2.13. The van der Waals surface area contributed by atoms with E-state index in [1.807, 2.05) is 0 Å². The summed E-state index contributed by atoms with van der Waals surface area (Å²) in [6.07, 6.45) is 1.08. The molecule has 0 aliphatic carbocycles. The highest BCUT2D eigenvalue weighted by atomic mass is 35.5. The molecule has 0 radical (unpaired) electrons. The van der Waals surface area contributed by atoms with Crippen molar-refractivity contribution in [1.29, 1.82) is 0 Å². The number of hydrogen-bond donors (Lipinski definition) is 3. The molecule has 0 spiro atoms. The number of thiocarbonyl (C=S) groups is 1. The van der Waals surface area contributed by atoms with E-state index in [4.69, 9.17) is 23.8 Å². The molecule has 0 saturated heterocycles. The second-order valence-corrected chi connectivity index (χ2v) is 8.15. The second-order valence-electron chi connectivity index (χ2n) is 5.29. The standard InChI is InChI=1S/C16H16ClN3O3S2/c1-10-6-7-13(25(2,22)23)9-14(10)15(21)19-20-16(24)18-12-5-3-4-11(17)8-12/h3-9H,1-2H3,(H,19,21)(H2,18,20,24). The fourth-order valence-electron chi connectivity index (χ4n) is 1.99. The summed E-state index contributed by atoms with van der Waals surface area (Å²) >= 11 is 11.0. The summed E-state index contributed by atoms with van der Waals surface area (Å²) in [4.78, 5) is 12.4. The highest BCUT2D eigenvalue weighted by Crippen LogP contribution is 2.16. The molecule has 1 amide bonds. The molecule has 0 bridgehead atoms. The third kappa shape index (κ3) is 5.42. The van der Waals surface area contributed by atoms with Gasteiger partial charge in [0.1, 0.15) is 0 Å². The van der Waals surface area contributed by atoms with E-state index < -0.39 is 15.7 Å². The van der Waals surface area contributed by atoms with Gasteiger partial charge in [-0.05, 0) is 55.0 Å². The number of carbonyl (C=O) groups excluding carboxylic acids is 1. The van der Waals surface area contributed by atoms with Gasteiger partial charge in [-0.15, -0.1) is 0 Å². The van der Waals surface area contributed by atoms with Crippen molar-refractivity contribution in [2.24, 2.45) is 0 Å². The summed E-state index contributed by atoms with van der Waals surface area (Å²) in [7, 11) is -3.40. The third-order valence-electron chi connectivity index (χ3n) is 3.25. The number of sulfone groups is 1. The lowest BCUT2D eigenvalue weighted by molar-refractivity contribution is 0.0943. The summed E-state index contributed by atoms with van der Waals surface area (Å²) in [5, 5.41) is 3.57. The summed E-state index contributed by atoms with van der Waals surface area (Å²) < 4.78 is 23.3. The first-order chi connectivity index (χ1) is 11.7. The SMILES string of the molecule is Cc1ccc(S(C)(=O)=O)cc1C(=O)NNC(=S)Nc1cccc(Cl)c1. The highest BCUT2D eigenvalue weighted by molar-refractivity contribution is 7.90. The molecule has 0 aliphatic heterocycles. The van der Waals surface area contributed by atoms with E-state index in [1.54, 1.807) is 37.3 Å². The summed E-state index contributed by atoms with van der Waals surface area (Å²) in [5.74, 6) is -0.502. The van der Waals surface area contributed by atoms with Crippen molar-refractivity contribution in [1.82, 2.24) is 10.9 Å². The van der Waals surface area contributed by atoms with Gasteiger partial charge in [-0.2, -0.15) is 0 Å². The Labute approximate surface area is 156 Å². The maximum atomic E-state index is 12.3. The van der Waals surface area contributed by atoms with Crippen LogP contribution in [0, 0.1) is 6.92 Å². The average molecular weight is 398 g/mol. The minimum atomic E-state index is -3.40. The zero-order valence-corrected chi connectivity index (χ0v) is 15.8. The predicted molar refractivity (Wildman–Crippen MR) is 103 cm³/mol. The van der Waals surface area contributed by atoms with E-state index in [1.165, 1.54) is 12.1 Å². The lowest BCUT2D eigenvalue weighted by atomic mass is 10.1. The minimum Gasteiger partial charge on any atom is -0.331 e. The number of halogens is 1. The van der Waals surface area contributed by atoms with Crippen LogP contribution < -0.4 is 16.2 Å². The second kappa shape index (κ2) is 7.81. The predicted octanol–water partition coefficient (Wildman–Crippen LogP) is 2.68.